The number of hydrogen-bond donors (Lipinski definition) is 4. The van der Waals surface area contributed by atoms with Crippen LogP contribution in [0.3, 0.4) is 0 Å². The molecule has 4 heterocycles. The lowest BCUT2D eigenvalue weighted by Crippen LogP contribution is -2.42. The van der Waals surface area contributed by atoms with Gasteiger partial charge in [-0.05, 0) is 49.3 Å². The van der Waals surface area contributed by atoms with Crippen molar-refractivity contribution in [1.82, 2.24) is 20.0 Å². The first-order valence-electron chi connectivity index (χ1n) is 14.3. The van der Waals surface area contributed by atoms with Gasteiger partial charge in [0.1, 0.15) is 0 Å². The minimum absolute atomic E-state index is 0.0197. The summed E-state index contributed by atoms with van der Waals surface area (Å²) < 4.78 is 24.2. The zero-order valence-corrected chi connectivity index (χ0v) is 24.9. The summed E-state index contributed by atoms with van der Waals surface area (Å²) >= 11 is 0. The van der Waals surface area contributed by atoms with Crippen LogP contribution in [0, 0.1) is 5.92 Å². The lowest BCUT2D eigenvalue weighted by molar-refractivity contribution is -0.143. The molecule has 0 unspecified atom stereocenters. The fourth-order valence-electron chi connectivity index (χ4n) is 6.81. The quantitative estimate of drug-likeness (QED) is 0.170. The van der Waals surface area contributed by atoms with Gasteiger partial charge in [0, 0.05) is 71.3 Å². The van der Waals surface area contributed by atoms with Crippen LogP contribution in [0.25, 0.3) is 10.9 Å². The monoisotopic (exact) mass is 590 g/mol. The number of benzene rings is 2. The molecular formula is C30H35FN6O4Si. The number of ether oxygens (including phenoxy) is 1. The summed E-state index contributed by atoms with van der Waals surface area (Å²) in [7, 11) is -3.30. The number of hydrogen-bond acceptors (Lipinski definition) is 6. The van der Waals surface area contributed by atoms with E-state index in [1.165, 1.54) is 0 Å². The Labute approximate surface area is 243 Å². The number of anilines is 2. The SMILES string of the molecule is C[C@H]1[C@H]([Si](C)(C)F)[C@@H](CCn2cc(CCO)nn2)O[C@]12C(=O)Nc1ccc(NC(=O)Cc3c[nH]c4ccccc34)cc12. The first-order chi connectivity index (χ1) is 20.1. The van der Waals surface area contributed by atoms with Gasteiger partial charge in [0.25, 0.3) is 5.91 Å². The fraction of sp³-hybridized carbons (Fsp3) is 0.400. The second kappa shape index (κ2) is 10.8. The molecule has 12 heteroatoms. The molecule has 1 fully saturated rings. The maximum atomic E-state index is 15.9. The van der Waals surface area contributed by atoms with Crippen LogP contribution < -0.4 is 10.6 Å². The van der Waals surface area contributed by atoms with Gasteiger partial charge in [0.2, 0.25) is 14.3 Å². The molecule has 2 aliphatic rings. The standard InChI is InChI=1S/C30H35FN6O4Si/c1-18-28(42(2,3)31)26(10-12-37-17-21(11-13-38)35-36-37)41-30(18)23-15-20(8-9-25(23)34-29(30)40)33-27(39)14-19-16-32-24-7-5-4-6-22(19)24/h4-9,15-18,26,28,32,38H,10-14H2,1-3H3,(H,33,39)(H,34,40)/t18-,26+,28-,30+/m0/s1. The lowest BCUT2D eigenvalue weighted by atomic mass is 9.82. The van der Waals surface area contributed by atoms with Gasteiger partial charge in [0.15, 0.2) is 5.60 Å². The summed E-state index contributed by atoms with van der Waals surface area (Å²) in [5.41, 5.74) is 2.47. The summed E-state index contributed by atoms with van der Waals surface area (Å²) in [5.74, 6) is -0.940. The molecule has 2 aromatic heterocycles. The van der Waals surface area contributed by atoms with E-state index in [1.54, 1.807) is 42.2 Å². The molecule has 4 N–H and O–H groups in total. The molecule has 2 amide bonds. The molecule has 1 saturated heterocycles. The lowest BCUT2D eigenvalue weighted by Gasteiger charge is -2.30. The molecule has 0 bridgehead atoms. The highest BCUT2D eigenvalue weighted by Crippen LogP contribution is 2.59. The number of carbonyl (C=O) groups is 2. The molecule has 1 spiro atoms. The van der Waals surface area contributed by atoms with Crippen LogP contribution in [0.1, 0.15) is 30.2 Å². The predicted molar refractivity (Wildman–Crippen MR) is 159 cm³/mol. The van der Waals surface area contributed by atoms with Gasteiger partial charge in [-0.2, -0.15) is 0 Å². The number of nitrogens with one attached hydrogen (secondary N) is 3. The van der Waals surface area contributed by atoms with Crippen LogP contribution in [0.15, 0.2) is 54.9 Å². The highest BCUT2D eigenvalue weighted by atomic mass is 28.4. The van der Waals surface area contributed by atoms with E-state index < -0.39 is 31.6 Å². The van der Waals surface area contributed by atoms with Crippen molar-refractivity contribution in [1.29, 1.82) is 0 Å². The van der Waals surface area contributed by atoms with E-state index in [-0.39, 0.29) is 24.8 Å². The molecule has 42 heavy (non-hydrogen) atoms. The number of aromatic amines is 1. The minimum atomic E-state index is -3.30. The van der Waals surface area contributed by atoms with E-state index in [9.17, 15) is 14.7 Å². The number of aromatic nitrogens is 4. The Bertz CT molecular complexity index is 1650. The van der Waals surface area contributed by atoms with Gasteiger partial charge in [-0.25, -0.2) is 0 Å². The molecule has 6 rings (SSSR count). The van der Waals surface area contributed by atoms with Crippen LogP contribution in [0.2, 0.25) is 18.6 Å². The Balaban J connectivity index is 1.25. The van der Waals surface area contributed by atoms with Crippen LogP contribution in [0.4, 0.5) is 15.5 Å². The average molecular weight is 591 g/mol. The third-order valence-electron chi connectivity index (χ3n) is 8.62. The largest absolute Gasteiger partial charge is 0.396 e. The smallest absolute Gasteiger partial charge is 0.261 e. The predicted octanol–water partition coefficient (Wildman–Crippen LogP) is 4.29. The van der Waals surface area contributed by atoms with E-state index in [4.69, 9.17) is 4.74 Å². The Morgan fingerprint density at radius 2 is 2.07 bits per heavy atom. The molecule has 2 aromatic carbocycles. The van der Waals surface area contributed by atoms with Crippen molar-refractivity contribution >= 4 is 42.5 Å². The third-order valence-corrected chi connectivity index (χ3v) is 11.1. The van der Waals surface area contributed by atoms with Gasteiger partial charge in [-0.3, -0.25) is 14.3 Å². The molecule has 0 aliphatic carbocycles. The van der Waals surface area contributed by atoms with Crippen molar-refractivity contribution < 1.29 is 23.5 Å². The van der Waals surface area contributed by atoms with Crippen LogP contribution in [-0.2, 0) is 39.3 Å². The number of halogens is 1. The Hall–Kier alpha value is -3.87. The summed E-state index contributed by atoms with van der Waals surface area (Å²) in [4.78, 5) is 29.9. The first kappa shape index (κ1) is 28.3. The molecule has 2 aliphatic heterocycles. The van der Waals surface area contributed by atoms with E-state index >= 15 is 4.11 Å². The summed E-state index contributed by atoms with van der Waals surface area (Å²) in [6, 6.07) is 13.1. The van der Waals surface area contributed by atoms with E-state index in [2.05, 4.69) is 25.9 Å². The van der Waals surface area contributed by atoms with Crippen molar-refractivity contribution in [3.8, 4) is 0 Å². The topological polar surface area (TPSA) is 134 Å². The highest BCUT2D eigenvalue weighted by molar-refractivity contribution is 6.72. The normalized spacial score (nSPS) is 23.5. The summed E-state index contributed by atoms with van der Waals surface area (Å²) in [5, 5.41) is 24.3. The Morgan fingerprint density at radius 1 is 1.26 bits per heavy atom. The number of amides is 2. The molecule has 10 nitrogen and oxygen atoms in total. The molecule has 4 aromatic rings. The van der Waals surface area contributed by atoms with Gasteiger partial charge in [0.05, 0.1) is 18.2 Å². The van der Waals surface area contributed by atoms with E-state index in [0.717, 1.165) is 16.5 Å². The molecule has 4 atom stereocenters. The second-order valence-corrected chi connectivity index (χ2v) is 15.6. The van der Waals surface area contributed by atoms with Gasteiger partial charge >= 0.3 is 0 Å². The Morgan fingerprint density at radius 3 is 2.86 bits per heavy atom. The van der Waals surface area contributed by atoms with Gasteiger partial charge in [-0.15, -0.1) is 5.10 Å². The van der Waals surface area contributed by atoms with Crippen molar-refractivity contribution in [2.24, 2.45) is 5.92 Å². The highest BCUT2D eigenvalue weighted by Gasteiger charge is 2.65. The third kappa shape index (κ3) is 4.93. The number of para-hydroxylation sites is 1. The van der Waals surface area contributed by atoms with Crippen molar-refractivity contribution in [2.75, 3.05) is 17.2 Å². The van der Waals surface area contributed by atoms with Crippen LogP contribution in [-0.4, -0.2) is 58.0 Å². The number of H-pyrrole nitrogens is 1. The molecular weight excluding hydrogens is 555 g/mol. The summed E-state index contributed by atoms with van der Waals surface area (Å²) in [6.07, 6.45) is 4.13. The van der Waals surface area contributed by atoms with Gasteiger partial charge in [-0.1, -0.05) is 30.3 Å². The number of rotatable bonds is 9. The molecule has 220 valence electrons. The second-order valence-electron chi connectivity index (χ2n) is 11.8. The molecule has 0 radical (unpaired) electrons. The number of carbonyl (C=O) groups excluding carboxylic acids is 2. The number of aliphatic hydroxyl groups is 1. The van der Waals surface area contributed by atoms with Crippen molar-refractivity contribution in [3.63, 3.8) is 0 Å². The fourth-order valence-corrected chi connectivity index (χ4v) is 9.35. The number of aliphatic hydroxyl groups excluding tert-OH is 1. The minimum Gasteiger partial charge on any atom is -0.396 e. The van der Waals surface area contributed by atoms with E-state index in [0.29, 0.717) is 42.0 Å². The van der Waals surface area contributed by atoms with Gasteiger partial charge < -0.3 is 29.6 Å². The number of nitrogens with zero attached hydrogens (tertiary/aromatic N) is 3. The summed E-state index contributed by atoms with van der Waals surface area (Å²) in [6.45, 7) is 5.63. The van der Waals surface area contributed by atoms with Crippen LogP contribution in [0.5, 0.6) is 0 Å². The zero-order chi connectivity index (χ0) is 29.6. The van der Waals surface area contributed by atoms with Crippen molar-refractivity contribution in [2.45, 2.75) is 63.1 Å². The average Bonchev–Trinajstić information content (AvgIpc) is 3.69. The van der Waals surface area contributed by atoms with Crippen molar-refractivity contribution in [3.05, 3.63) is 71.7 Å². The maximum Gasteiger partial charge on any atom is 0.261 e. The number of fused-ring (bicyclic) bond motifs is 3. The zero-order valence-electron chi connectivity index (χ0n) is 23.9. The van der Waals surface area contributed by atoms with E-state index in [1.807, 2.05) is 37.4 Å². The van der Waals surface area contributed by atoms with Crippen LogP contribution >= 0.6 is 0 Å². The maximum absolute atomic E-state index is 15.9. The Kier molecular flexibility index (Phi) is 7.23. The number of aryl methyl sites for hydroxylation is 1. The molecule has 0 saturated carbocycles. The first-order valence-corrected chi connectivity index (χ1v) is 17.2.